The first kappa shape index (κ1) is 19.1. The van der Waals surface area contributed by atoms with Crippen LogP contribution in [0.3, 0.4) is 0 Å². The second-order valence-corrected chi connectivity index (χ2v) is 5.66. The number of nitrogens with zero attached hydrogens (tertiary/aromatic N) is 1. The molecule has 0 radical (unpaired) electrons. The van der Waals surface area contributed by atoms with Crippen molar-refractivity contribution in [3.05, 3.63) is 71.8 Å². The van der Waals surface area contributed by atoms with Crippen LogP contribution in [0.4, 0.5) is 0 Å². The molecule has 26 heavy (non-hydrogen) atoms. The van der Waals surface area contributed by atoms with Gasteiger partial charge in [-0.05, 0) is 31.2 Å². The third kappa shape index (κ3) is 5.42. The van der Waals surface area contributed by atoms with Gasteiger partial charge in [0.05, 0.1) is 13.3 Å². The van der Waals surface area contributed by atoms with Crippen molar-refractivity contribution in [3.8, 4) is 0 Å². The summed E-state index contributed by atoms with van der Waals surface area (Å²) in [5.74, 6) is -1.68. The molecule has 1 atom stereocenters. The maximum absolute atomic E-state index is 12.1. The molecule has 0 saturated carbocycles. The zero-order chi connectivity index (χ0) is 18.9. The van der Waals surface area contributed by atoms with Crippen molar-refractivity contribution in [2.45, 2.75) is 13.0 Å². The van der Waals surface area contributed by atoms with Crippen LogP contribution in [-0.4, -0.2) is 47.2 Å². The van der Waals surface area contributed by atoms with Crippen molar-refractivity contribution in [3.63, 3.8) is 0 Å². The molecular weight excluding hydrogens is 334 g/mol. The van der Waals surface area contributed by atoms with E-state index in [1.165, 1.54) is 11.8 Å². The average Bonchev–Trinajstić information content (AvgIpc) is 2.68. The fourth-order valence-electron chi connectivity index (χ4n) is 2.22. The number of carbonyl (C=O) groups excluding carboxylic acids is 2. The van der Waals surface area contributed by atoms with E-state index in [-0.39, 0.29) is 25.2 Å². The highest BCUT2D eigenvalue weighted by atomic mass is 16.4. The lowest BCUT2D eigenvalue weighted by Crippen LogP contribution is -2.50. The van der Waals surface area contributed by atoms with E-state index in [2.05, 4.69) is 10.6 Å². The van der Waals surface area contributed by atoms with Gasteiger partial charge in [0.2, 0.25) is 0 Å². The molecule has 0 bridgehead atoms. The van der Waals surface area contributed by atoms with Gasteiger partial charge in [-0.2, -0.15) is 0 Å². The smallest absolute Gasteiger partial charge is 0.320 e. The Hall–Kier alpha value is -3.19. The van der Waals surface area contributed by atoms with E-state index in [1.54, 1.807) is 60.7 Å². The third-order valence-corrected chi connectivity index (χ3v) is 3.86. The normalized spacial score (nSPS) is 11.6. The number of benzene rings is 2. The summed E-state index contributed by atoms with van der Waals surface area (Å²) in [4.78, 5) is 37.0. The molecule has 0 heterocycles. The fourth-order valence-corrected chi connectivity index (χ4v) is 2.22. The molecule has 0 saturated heterocycles. The van der Waals surface area contributed by atoms with Gasteiger partial charge >= 0.3 is 5.97 Å². The maximum Gasteiger partial charge on any atom is 0.320 e. The number of carboxylic acids is 1. The summed E-state index contributed by atoms with van der Waals surface area (Å²) in [5.41, 5.74) is 0.951. The largest absolute Gasteiger partial charge is 0.480 e. The Kier molecular flexibility index (Phi) is 6.87. The van der Waals surface area contributed by atoms with Gasteiger partial charge in [-0.1, -0.05) is 36.4 Å². The van der Waals surface area contributed by atoms with Crippen LogP contribution in [0, 0.1) is 0 Å². The van der Waals surface area contributed by atoms with Crippen LogP contribution in [0.1, 0.15) is 27.6 Å². The molecule has 136 valence electrons. The second kappa shape index (κ2) is 9.33. The van der Waals surface area contributed by atoms with Crippen LogP contribution in [0.15, 0.2) is 60.7 Å². The Morgan fingerprint density at radius 3 is 1.58 bits per heavy atom. The molecule has 7 heteroatoms. The molecule has 7 nitrogen and oxygen atoms in total. The van der Waals surface area contributed by atoms with E-state index in [0.717, 1.165) is 0 Å². The molecule has 0 unspecified atom stereocenters. The van der Waals surface area contributed by atoms with Crippen molar-refractivity contribution in [1.82, 2.24) is 15.5 Å². The summed E-state index contributed by atoms with van der Waals surface area (Å²) in [6, 6.07) is 16.3. The van der Waals surface area contributed by atoms with E-state index in [0.29, 0.717) is 11.1 Å². The fraction of sp³-hybridized carbons (Fsp3) is 0.211. The maximum atomic E-state index is 12.1. The number of carbonyl (C=O) groups is 3. The number of amides is 2. The molecule has 0 aliphatic carbocycles. The summed E-state index contributed by atoms with van der Waals surface area (Å²) < 4.78 is 0. The predicted octanol–water partition coefficient (Wildman–Crippen LogP) is 1.54. The monoisotopic (exact) mass is 355 g/mol. The van der Waals surface area contributed by atoms with Crippen molar-refractivity contribution in [2.24, 2.45) is 0 Å². The lowest BCUT2D eigenvalue weighted by molar-refractivity contribution is -0.142. The number of hydrogen-bond acceptors (Lipinski definition) is 4. The third-order valence-electron chi connectivity index (χ3n) is 3.86. The Morgan fingerprint density at radius 1 is 0.846 bits per heavy atom. The van der Waals surface area contributed by atoms with Crippen molar-refractivity contribution >= 4 is 17.8 Å². The Bertz CT molecular complexity index is 694. The molecule has 2 amide bonds. The highest BCUT2D eigenvalue weighted by Gasteiger charge is 2.22. The van der Waals surface area contributed by atoms with Crippen LogP contribution in [0.2, 0.25) is 0 Å². The number of carboxylic acid groups (broad SMARTS) is 1. The highest BCUT2D eigenvalue weighted by Crippen LogP contribution is 2.02. The molecule has 0 fully saturated rings. The first-order chi connectivity index (χ1) is 12.5. The molecule has 0 spiro atoms. The van der Waals surface area contributed by atoms with Crippen molar-refractivity contribution in [2.75, 3.05) is 13.3 Å². The molecular formula is C19H21N3O4. The molecule has 0 aliphatic heterocycles. The Labute approximate surface area is 151 Å². The lowest BCUT2D eigenvalue weighted by Gasteiger charge is -2.26. The summed E-state index contributed by atoms with van der Waals surface area (Å²) in [7, 11) is 0. The van der Waals surface area contributed by atoms with Gasteiger partial charge < -0.3 is 15.7 Å². The van der Waals surface area contributed by atoms with E-state index >= 15 is 0 Å². The zero-order valence-corrected chi connectivity index (χ0v) is 14.4. The predicted molar refractivity (Wildman–Crippen MR) is 96.5 cm³/mol. The van der Waals surface area contributed by atoms with Gasteiger partial charge in [0, 0.05) is 11.1 Å². The number of hydrogen-bond donors (Lipinski definition) is 3. The lowest BCUT2D eigenvalue weighted by atomic mass is 10.2. The van der Waals surface area contributed by atoms with Gasteiger partial charge in [-0.15, -0.1) is 0 Å². The van der Waals surface area contributed by atoms with Crippen LogP contribution in [0.5, 0.6) is 0 Å². The summed E-state index contributed by atoms with van der Waals surface area (Å²) in [6.45, 7) is 1.46. The number of nitrogens with one attached hydrogen (secondary N) is 2. The zero-order valence-electron chi connectivity index (χ0n) is 14.4. The molecule has 3 N–H and O–H groups in total. The van der Waals surface area contributed by atoms with Gasteiger partial charge in [-0.25, -0.2) is 0 Å². The summed E-state index contributed by atoms with van der Waals surface area (Å²) >= 11 is 0. The first-order valence-electron chi connectivity index (χ1n) is 8.12. The Balaban J connectivity index is 1.96. The van der Waals surface area contributed by atoms with Crippen molar-refractivity contribution in [1.29, 1.82) is 0 Å². The van der Waals surface area contributed by atoms with Gasteiger partial charge in [0.25, 0.3) is 11.8 Å². The van der Waals surface area contributed by atoms with Gasteiger partial charge in [0.1, 0.15) is 6.04 Å². The van der Waals surface area contributed by atoms with E-state index in [1.807, 2.05) is 0 Å². The van der Waals surface area contributed by atoms with Crippen LogP contribution >= 0.6 is 0 Å². The van der Waals surface area contributed by atoms with Crippen LogP contribution < -0.4 is 10.6 Å². The van der Waals surface area contributed by atoms with Crippen molar-refractivity contribution < 1.29 is 19.5 Å². The van der Waals surface area contributed by atoms with Crippen LogP contribution in [-0.2, 0) is 4.79 Å². The highest BCUT2D eigenvalue weighted by molar-refractivity contribution is 5.94. The topological polar surface area (TPSA) is 98.7 Å². The molecule has 2 aromatic rings. The summed E-state index contributed by atoms with van der Waals surface area (Å²) in [6.07, 6.45) is 0. The van der Waals surface area contributed by atoms with E-state index in [9.17, 15) is 19.5 Å². The molecule has 0 aliphatic rings. The van der Waals surface area contributed by atoms with Crippen LogP contribution in [0.25, 0.3) is 0 Å². The summed E-state index contributed by atoms with van der Waals surface area (Å²) in [5, 5.41) is 14.6. The van der Waals surface area contributed by atoms with Gasteiger partial charge in [-0.3, -0.25) is 19.3 Å². The quantitative estimate of drug-likeness (QED) is 0.624. The standard InChI is InChI=1S/C19H21N3O4/c1-14(19(25)26)22(12-20-17(23)15-8-4-2-5-9-15)13-21-18(24)16-10-6-3-7-11-16/h2-11,14H,12-13H2,1H3,(H,20,23)(H,21,24)(H,25,26)/t14-/m0/s1. The van der Waals surface area contributed by atoms with Gasteiger partial charge in [0.15, 0.2) is 0 Å². The minimum Gasteiger partial charge on any atom is -0.480 e. The van der Waals surface area contributed by atoms with E-state index < -0.39 is 12.0 Å². The number of aliphatic carboxylic acids is 1. The Morgan fingerprint density at radius 2 is 1.23 bits per heavy atom. The second-order valence-electron chi connectivity index (χ2n) is 5.66. The minimum absolute atomic E-state index is 0.0176. The molecule has 2 aromatic carbocycles. The average molecular weight is 355 g/mol. The molecule has 2 rings (SSSR count). The molecule has 0 aromatic heterocycles. The minimum atomic E-state index is -1.05. The SMILES string of the molecule is C[C@@H](C(=O)O)N(CNC(=O)c1ccccc1)CNC(=O)c1ccccc1. The van der Waals surface area contributed by atoms with E-state index in [4.69, 9.17) is 0 Å². The first-order valence-corrected chi connectivity index (χ1v) is 8.12. The number of rotatable bonds is 8.